The van der Waals surface area contributed by atoms with E-state index in [-0.39, 0.29) is 18.1 Å². The van der Waals surface area contributed by atoms with Crippen LogP contribution in [0.5, 0.6) is 0 Å². The van der Waals surface area contributed by atoms with Crippen LogP contribution in [-0.2, 0) is 18.9 Å². The van der Waals surface area contributed by atoms with E-state index in [4.69, 9.17) is 59.2 Å². The van der Waals surface area contributed by atoms with Crippen LogP contribution in [0, 0.1) is 11.3 Å². The van der Waals surface area contributed by atoms with Crippen LogP contribution in [0.2, 0.25) is 0 Å². The van der Waals surface area contributed by atoms with Crippen molar-refractivity contribution in [1.29, 1.82) is 5.41 Å². The molecule has 0 bridgehead atoms. The highest BCUT2D eigenvalue weighted by atomic mass is 35.6. The largest absolute Gasteiger partial charge is 0.454 e. The number of carbonyl (C=O) groups excluding carboxylic acids is 2. The van der Waals surface area contributed by atoms with E-state index < -0.39 is 40.1 Å². The molecule has 170 valence electrons. The van der Waals surface area contributed by atoms with E-state index in [2.05, 4.69) is 0 Å². The van der Waals surface area contributed by atoms with Gasteiger partial charge < -0.3 is 18.9 Å². The third-order valence-corrected chi connectivity index (χ3v) is 5.19. The summed E-state index contributed by atoms with van der Waals surface area (Å²) in [6.07, 6.45) is -3.51. The number of halogens is 3. The number of carbonyl (C=O) groups is 2. The van der Waals surface area contributed by atoms with Crippen molar-refractivity contribution in [3.63, 3.8) is 0 Å². The van der Waals surface area contributed by atoms with Crippen molar-refractivity contribution in [3.8, 4) is 0 Å². The molecule has 1 fully saturated rings. The average molecular weight is 501 g/mol. The molecule has 0 radical (unpaired) electrons. The van der Waals surface area contributed by atoms with Gasteiger partial charge in [0.05, 0.1) is 17.7 Å². The van der Waals surface area contributed by atoms with Crippen LogP contribution in [0.15, 0.2) is 60.7 Å². The molecule has 2 aromatic rings. The minimum Gasteiger partial charge on any atom is -0.454 e. The lowest BCUT2D eigenvalue weighted by Crippen LogP contribution is -2.55. The fourth-order valence-corrected chi connectivity index (χ4v) is 3.17. The van der Waals surface area contributed by atoms with Gasteiger partial charge in [-0.2, -0.15) is 0 Å². The zero-order valence-corrected chi connectivity index (χ0v) is 19.1. The van der Waals surface area contributed by atoms with Gasteiger partial charge in [-0.05, 0) is 24.3 Å². The monoisotopic (exact) mass is 499 g/mol. The van der Waals surface area contributed by atoms with Crippen LogP contribution in [0.4, 0.5) is 0 Å². The first-order valence-electron chi connectivity index (χ1n) is 9.63. The molecule has 1 unspecified atom stereocenters. The van der Waals surface area contributed by atoms with Crippen LogP contribution in [0.3, 0.4) is 0 Å². The van der Waals surface area contributed by atoms with E-state index in [1.165, 1.54) is 0 Å². The summed E-state index contributed by atoms with van der Waals surface area (Å²) < 4.78 is 20.1. The number of alkyl halides is 3. The summed E-state index contributed by atoms with van der Waals surface area (Å²) in [7, 11) is 0. The summed E-state index contributed by atoms with van der Waals surface area (Å²) in [5.41, 5.74) is 0.597. The Balaban J connectivity index is 1.87. The number of benzene rings is 2. The van der Waals surface area contributed by atoms with Crippen LogP contribution >= 0.6 is 34.8 Å². The minimum atomic E-state index is -2.16. The highest BCUT2D eigenvalue weighted by Crippen LogP contribution is 2.32. The first-order chi connectivity index (χ1) is 15.2. The van der Waals surface area contributed by atoms with Gasteiger partial charge >= 0.3 is 11.9 Å². The summed E-state index contributed by atoms with van der Waals surface area (Å²) in [4.78, 5) is 25.4. The number of ether oxygens (including phenoxy) is 4. The third-order valence-electron chi connectivity index (χ3n) is 4.67. The van der Waals surface area contributed by atoms with Crippen molar-refractivity contribution < 1.29 is 28.5 Å². The predicted octanol–water partition coefficient (Wildman–Crippen LogP) is 4.79. The van der Waals surface area contributed by atoms with Crippen molar-refractivity contribution in [2.45, 2.75) is 29.2 Å². The molecule has 1 heterocycles. The normalized spacial score (nSPS) is 23.1. The molecule has 2 aromatic carbocycles. The van der Waals surface area contributed by atoms with Gasteiger partial charge in [0.1, 0.15) is 6.10 Å². The molecule has 0 aromatic heterocycles. The van der Waals surface area contributed by atoms with Crippen LogP contribution in [-0.4, -0.2) is 46.7 Å². The van der Waals surface area contributed by atoms with E-state index in [0.717, 1.165) is 0 Å². The van der Waals surface area contributed by atoms with Gasteiger partial charge in [0.25, 0.3) is 3.79 Å². The van der Waals surface area contributed by atoms with Gasteiger partial charge in [0.15, 0.2) is 0 Å². The summed E-state index contributed by atoms with van der Waals surface area (Å²) in [6.45, 7) is 1.85. The molecular weight excluding hydrogens is 481 g/mol. The SMILES string of the molecule is C[C@H]1COC(OC(=N)C(Cl)(Cl)Cl)[C@@H](OC(=O)c2ccccc2)[C@@H]1OC(=O)c1ccccc1. The number of hydrogen-bond acceptors (Lipinski definition) is 7. The van der Waals surface area contributed by atoms with E-state index >= 15 is 0 Å². The highest BCUT2D eigenvalue weighted by molar-refractivity contribution is 6.76. The second-order valence-corrected chi connectivity index (χ2v) is 9.38. The third kappa shape index (κ3) is 6.13. The smallest absolute Gasteiger partial charge is 0.338 e. The Labute approximate surface area is 200 Å². The maximum atomic E-state index is 12.7. The van der Waals surface area contributed by atoms with Gasteiger partial charge in [0.2, 0.25) is 18.3 Å². The van der Waals surface area contributed by atoms with Crippen LogP contribution in [0.25, 0.3) is 0 Å². The Kier molecular flexibility index (Phi) is 8.00. The molecule has 1 N–H and O–H groups in total. The molecule has 1 aliphatic heterocycles. The Bertz CT molecular complexity index is 951. The molecule has 1 aliphatic rings. The van der Waals surface area contributed by atoms with Crippen molar-refractivity contribution in [2.75, 3.05) is 6.61 Å². The van der Waals surface area contributed by atoms with Crippen molar-refractivity contribution >= 4 is 52.6 Å². The Hall–Kier alpha value is -2.32. The molecule has 0 amide bonds. The average Bonchev–Trinajstić information content (AvgIpc) is 2.78. The van der Waals surface area contributed by atoms with Crippen molar-refractivity contribution in [2.24, 2.45) is 5.92 Å². The molecule has 7 nitrogen and oxygen atoms in total. The highest BCUT2D eigenvalue weighted by Gasteiger charge is 2.47. The maximum absolute atomic E-state index is 12.7. The minimum absolute atomic E-state index is 0.0872. The zero-order valence-electron chi connectivity index (χ0n) is 16.9. The maximum Gasteiger partial charge on any atom is 0.338 e. The summed E-state index contributed by atoms with van der Waals surface area (Å²) in [5, 5.41) is 7.86. The lowest BCUT2D eigenvalue weighted by atomic mass is 9.96. The topological polar surface area (TPSA) is 94.9 Å². The number of esters is 2. The number of rotatable bonds is 5. The fourth-order valence-electron chi connectivity index (χ4n) is 3.04. The van der Waals surface area contributed by atoms with E-state index in [9.17, 15) is 9.59 Å². The number of hydrogen-bond donors (Lipinski definition) is 1. The van der Waals surface area contributed by atoms with Gasteiger partial charge in [-0.15, -0.1) is 0 Å². The lowest BCUT2D eigenvalue weighted by Gasteiger charge is -2.40. The van der Waals surface area contributed by atoms with Crippen molar-refractivity contribution in [1.82, 2.24) is 0 Å². The summed E-state index contributed by atoms with van der Waals surface area (Å²) in [6, 6.07) is 16.6. The molecule has 3 rings (SSSR count). The van der Waals surface area contributed by atoms with E-state index in [0.29, 0.717) is 5.56 Å². The van der Waals surface area contributed by atoms with Gasteiger partial charge in [-0.3, -0.25) is 5.41 Å². The van der Waals surface area contributed by atoms with E-state index in [1.807, 2.05) is 0 Å². The predicted molar refractivity (Wildman–Crippen MR) is 119 cm³/mol. The zero-order chi connectivity index (χ0) is 23.3. The molecule has 4 atom stereocenters. The Morgan fingerprint density at radius 2 is 1.34 bits per heavy atom. The standard InChI is InChI=1S/C22H20Cl3NO6/c1-13-12-29-20(32-21(26)22(23,24)25)17(31-19(28)15-10-6-3-7-11-15)16(13)30-18(27)14-8-4-2-5-9-14/h2-11,13,16-17,20,26H,12H2,1H3/t13-,16+,17-,20?/m0/s1. The first kappa shape index (κ1) is 24.3. The second-order valence-electron chi connectivity index (χ2n) is 7.10. The first-order valence-corrected chi connectivity index (χ1v) is 10.8. The van der Waals surface area contributed by atoms with Crippen LogP contribution < -0.4 is 0 Å². The lowest BCUT2D eigenvalue weighted by molar-refractivity contribution is -0.230. The summed E-state index contributed by atoms with van der Waals surface area (Å²) >= 11 is 17.1. The Morgan fingerprint density at radius 1 is 0.875 bits per heavy atom. The van der Waals surface area contributed by atoms with Crippen molar-refractivity contribution in [3.05, 3.63) is 71.8 Å². The van der Waals surface area contributed by atoms with Gasteiger partial charge in [0, 0.05) is 5.92 Å². The molecular formula is C22H20Cl3NO6. The quantitative estimate of drug-likeness (QED) is 0.274. The molecule has 0 saturated carbocycles. The summed E-state index contributed by atoms with van der Waals surface area (Å²) in [5.74, 6) is -2.39. The van der Waals surface area contributed by atoms with Gasteiger partial charge in [-0.1, -0.05) is 78.1 Å². The number of nitrogens with one attached hydrogen (secondary N) is 1. The molecule has 0 aliphatic carbocycles. The molecule has 10 heteroatoms. The van der Waals surface area contributed by atoms with Crippen LogP contribution in [0.1, 0.15) is 27.6 Å². The second kappa shape index (κ2) is 10.5. The molecule has 32 heavy (non-hydrogen) atoms. The molecule has 1 saturated heterocycles. The Morgan fingerprint density at radius 3 is 1.81 bits per heavy atom. The fraction of sp³-hybridized carbons (Fsp3) is 0.318. The van der Waals surface area contributed by atoms with Gasteiger partial charge in [-0.25, -0.2) is 9.59 Å². The van der Waals surface area contributed by atoms with E-state index in [1.54, 1.807) is 67.6 Å². The molecule has 0 spiro atoms.